The first kappa shape index (κ1) is 21.9. The Labute approximate surface area is 138 Å². The molecule has 134 valence electrons. The Hall–Kier alpha value is -0.130. The summed E-state index contributed by atoms with van der Waals surface area (Å²) in [5.41, 5.74) is 0. The molecule has 1 rings (SSSR count). The van der Waals surface area contributed by atoms with Gasteiger partial charge >= 0.3 is 0 Å². The van der Waals surface area contributed by atoms with Gasteiger partial charge in [-0.3, -0.25) is 4.55 Å². The van der Waals surface area contributed by atoms with Gasteiger partial charge in [0, 0.05) is 0 Å². The molecule has 22 heavy (non-hydrogen) atoms. The molecule has 0 aromatic carbocycles. The van der Waals surface area contributed by atoms with Gasteiger partial charge in [0.1, 0.15) is 0 Å². The molecule has 0 radical (unpaired) electrons. The van der Waals surface area contributed by atoms with E-state index in [1.807, 2.05) is 0 Å². The molecule has 1 N–H and O–H groups in total. The highest BCUT2D eigenvalue weighted by Crippen LogP contribution is 2.20. The molecule has 0 amide bonds. The minimum atomic E-state index is -3.67. The second kappa shape index (κ2) is 12.3. The van der Waals surface area contributed by atoms with Crippen molar-refractivity contribution in [2.45, 2.75) is 78.1 Å². The summed E-state index contributed by atoms with van der Waals surface area (Å²) in [6.07, 6.45) is 15.3. The maximum atomic E-state index is 9.19. The molecule has 1 heterocycles. The summed E-state index contributed by atoms with van der Waals surface area (Å²) in [5, 5.41) is 0. The second-order valence-corrected chi connectivity index (χ2v) is 8.21. The highest BCUT2D eigenvalue weighted by Gasteiger charge is 2.26. The maximum absolute atomic E-state index is 9.19. The number of hydrogen-bond acceptors (Lipinski definition) is 2. The molecule has 0 unspecified atom stereocenters. The smallest absolute Gasteiger partial charge is 0.261 e. The fourth-order valence-corrected chi connectivity index (χ4v) is 3.29. The quantitative estimate of drug-likeness (QED) is 0.389. The summed E-state index contributed by atoms with van der Waals surface area (Å²) in [6, 6.07) is 0. The minimum absolute atomic E-state index is 0.715. The summed E-state index contributed by atoms with van der Waals surface area (Å²) in [6.45, 7) is 10.5. The zero-order valence-electron chi connectivity index (χ0n) is 15.0. The minimum Gasteiger partial charge on any atom is -0.324 e. The van der Waals surface area contributed by atoms with E-state index >= 15 is 0 Å². The Morgan fingerprint density at radius 1 is 0.864 bits per heavy atom. The van der Waals surface area contributed by atoms with Crippen LogP contribution >= 0.6 is 0 Å². The molecule has 0 aromatic rings. The fourth-order valence-electron chi connectivity index (χ4n) is 3.29. The number of quaternary nitrogens is 1. The lowest BCUT2D eigenvalue weighted by Gasteiger charge is -2.41. The average molecular weight is 337 g/mol. The highest BCUT2D eigenvalue weighted by atomic mass is 32.2. The van der Waals surface area contributed by atoms with E-state index in [-0.39, 0.29) is 0 Å². The zero-order chi connectivity index (χ0) is 16.9. The van der Waals surface area contributed by atoms with Crippen molar-refractivity contribution in [3.8, 4) is 0 Å². The Kier molecular flexibility index (Phi) is 12.2. The van der Waals surface area contributed by atoms with Crippen molar-refractivity contribution in [2.75, 3.05) is 32.4 Å². The van der Waals surface area contributed by atoms with Crippen LogP contribution in [0.2, 0.25) is 0 Å². The van der Waals surface area contributed by atoms with E-state index < -0.39 is 10.1 Å². The van der Waals surface area contributed by atoms with Crippen LogP contribution in [0.5, 0.6) is 0 Å². The summed E-state index contributed by atoms with van der Waals surface area (Å²) < 4.78 is 27.3. The first-order valence-corrected chi connectivity index (χ1v) is 11.0. The van der Waals surface area contributed by atoms with Crippen molar-refractivity contribution in [2.24, 2.45) is 0 Å². The standard InChI is InChI=1S/C16H34N.CH4O3S/c1-3-5-6-7-8-9-11-14-17(4-2)15-12-10-13-16-17;1-5(2,3)4/h3-16H2,1-2H3;1H3,(H,2,3,4)/q+1;. The Morgan fingerprint density at radius 2 is 1.32 bits per heavy atom. The summed E-state index contributed by atoms with van der Waals surface area (Å²) >= 11 is 0. The molecule has 1 aliphatic rings. The van der Waals surface area contributed by atoms with E-state index in [0.29, 0.717) is 6.26 Å². The van der Waals surface area contributed by atoms with Crippen LogP contribution in [0.25, 0.3) is 0 Å². The molecule has 1 saturated heterocycles. The topological polar surface area (TPSA) is 54.4 Å². The second-order valence-electron chi connectivity index (χ2n) is 6.74. The number of piperidine rings is 1. The van der Waals surface area contributed by atoms with E-state index in [0.717, 1.165) is 0 Å². The van der Waals surface area contributed by atoms with Crippen molar-refractivity contribution in [1.82, 2.24) is 0 Å². The number of rotatable bonds is 9. The van der Waals surface area contributed by atoms with Crippen LogP contribution in [0.3, 0.4) is 0 Å². The number of unbranched alkanes of at least 4 members (excludes halogenated alkanes) is 6. The molecule has 0 spiro atoms. The van der Waals surface area contributed by atoms with E-state index in [1.165, 1.54) is 94.9 Å². The third-order valence-corrected chi connectivity index (χ3v) is 4.67. The van der Waals surface area contributed by atoms with Gasteiger partial charge in [-0.25, -0.2) is 0 Å². The molecule has 0 saturated carbocycles. The van der Waals surface area contributed by atoms with Crippen molar-refractivity contribution >= 4 is 10.1 Å². The van der Waals surface area contributed by atoms with Gasteiger partial charge in [-0.1, -0.05) is 39.0 Å². The van der Waals surface area contributed by atoms with Crippen molar-refractivity contribution < 1.29 is 17.5 Å². The van der Waals surface area contributed by atoms with E-state index in [1.54, 1.807) is 0 Å². The summed E-state index contributed by atoms with van der Waals surface area (Å²) in [5.74, 6) is 0. The van der Waals surface area contributed by atoms with Crippen LogP contribution in [0.1, 0.15) is 78.1 Å². The van der Waals surface area contributed by atoms with Crippen molar-refractivity contribution in [3.05, 3.63) is 0 Å². The van der Waals surface area contributed by atoms with Gasteiger partial charge in [0.2, 0.25) is 0 Å². The molecular weight excluding hydrogens is 298 g/mol. The van der Waals surface area contributed by atoms with Gasteiger partial charge in [-0.15, -0.1) is 0 Å². The van der Waals surface area contributed by atoms with Crippen LogP contribution in [-0.4, -0.2) is 49.9 Å². The van der Waals surface area contributed by atoms with Gasteiger partial charge in [-0.05, 0) is 39.0 Å². The maximum Gasteiger partial charge on any atom is 0.261 e. The molecule has 1 fully saturated rings. The van der Waals surface area contributed by atoms with Crippen LogP contribution < -0.4 is 0 Å². The highest BCUT2D eigenvalue weighted by molar-refractivity contribution is 7.85. The number of nitrogens with zero attached hydrogens (tertiary/aromatic N) is 1. The molecular formula is C17H38NO3S+. The summed E-state index contributed by atoms with van der Waals surface area (Å²) in [4.78, 5) is 0. The van der Waals surface area contributed by atoms with Gasteiger partial charge in [0.15, 0.2) is 0 Å². The first-order valence-electron chi connectivity index (χ1n) is 9.10. The lowest BCUT2D eigenvalue weighted by molar-refractivity contribution is -0.931. The lowest BCUT2D eigenvalue weighted by Crippen LogP contribution is -2.51. The number of hydrogen-bond donors (Lipinski definition) is 1. The largest absolute Gasteiger partial charge is 0.324 e. The first-order chi connectivity index (χ1) is 10.3. The van der Waals surface area contributed by atoms with Crippen molar-refractivity contribution in [1.29, 1.82) is 0 Å². The summed E-state index contributed by atoms with van der Waals surface area (Å²) in [7, 11) is -3.67. The van der Waals surface area contributed by atoms with Crippen LogP contribution in [-0.2, 0) is 10.1 Å². The molecule has 0 aliphatic carbocycles. The fraction of sp³-hybridized carbons (Fsp3) is 1.00. The Balaban J connectivity index is 0.000000763. The lowest BCUT2D eigenvalue weighted by atomic mass is 10.0. The molecule has 0 aromatic heterocycles. The molecule has 5 heteroatoms. The predicted molar refractivity (Wildman–Crippen MR) is 94.7 cm³/mol. The van der Waals surface area contributed by atoms with Crippen LogP contribution in [0.15, 0.2) is 0 Å². The third-order valence-electron chi connectivity index (χ3n) is 4.67. The SMILES string of the molecule is CCCCCCCCC[N+]1(CC)CCCCC1.CS(=O)(=O)O. The van der Waals surface area contributed by atoms with Crippen LogP contribution in [0.4, 0.5) is 0 Å². The van der Waals surface area contributed by atoms with Gasteiger partial charge < -0.3 is 4.48 Å². The van der Waals surface area contributed by atoms with Gasteiger partial charge in [0.25, 0.3) is 10.1 Å². The molecule has 1 aliphatic heterocycles. The molecule has 4 nitrogen and oxygen atoms in total. The van der Waals surface area contributed by atoms with Crippen molar-refractivity contribution in [3.63, 3.8) is 0 Å². The normalized spacial score (nSPS) is 17.6. The van der Waals surface area contributed by atoms with Crippen LogP contribution in [0, 0.1) is 0 Å². The average Bonchev–Trinajstić information content (AvgIpc) is 2.46. The van der Waals surface area contributed by atoms with E-state index in [2.05, 4.69) is 13.8 Å². The molecule has 0 atom stereocenters. The molecule has 0 bridgehead atoms. The Bertz CT molecular complexity index is 341. The third kappa shape index (κ3) is 13.5. The van der Waals surface area contributed by atoms with Gasteiger partial charge in [0.05, 0.1) is 32.4 Å². The predicted octanol–water partition coefficient (Wildman–Crippen LogP) is 4.26. The number of likely N-dealkylation sites (tertiary alicyclic amines) is 1. The van der Waals surface area contributed by atoms with E-state index in [9.17, 15) is 8.42 Å². The Morgan fingerprint density at radius 3 is 1.77 bits per heavy atom. The van der Waals surface area contributed by atoms with Gasteiger partial charge in [-0.2, -0.15) is 8.42 Å². The monoisotopic (exact) mass is 336 g/mol. The van der Waals surface area contributed by atoms with E-state index in [4.69, 9.17) is 4.55 Å². The zero-order valence-corrected chi connectivity index (χ0v) is 15.8.